The van der Waals surface area contributed by atoms with Gasteiger partial charge in [0, 0.05) is 12.8 Å². The number of hydrogen-bond donors (Lipinski definition) is 0. The molecule has 0 saturated carbocycles. The highest BCUT2D eigenvalue weighted by atomic mass is 31.2. The van der Waals surface area contributed by atoms with Gasteiger partial charge in [-0.2, -0.15) is 0 Å². The van der Waals surface area contributed by atoms with Crippen molar-refractivity contribution in [3.63, 3.8) is 0 Å². The van der Waals surface area contributed by atoms with E-state index in [1.807, 2.05) is 21.1 Å². The molecule has 0 aromatic carbocycles. The summed E-state index contributed by atoms with van der Waals surface area (Å²) >= 11 is 0. The molecular formula is C61H112NO8P. The number of carbonyl (C=O) groups excluding carboxylic acids is 2. The predicted molar refractivity (Wildman–Crippen MR) is 300 cm³/mol. The molecule has 10 heteroatoms. The number of ether oxygens (including phenoxy) is 2. The Morgan fingerprint density at radius 2 is 0.803 bits per heavy atom. The Bertz CT molecular complexity index is 1380. The molecule has 0 spiro atoms. The topological polar surface area (TPSA) is 111 Å². The van der Waals surface area contributed by atoms with E-state index in [4.69, 9.17) is 18.5 Å². The fourth-order valence-electron chi connectivity index (χ4n) is 8.27. The summed E-state index contributed by atoms with van der Waals surface area (Å²) in [6.07, 6.45) is 66.9. The van der Waals surface area contributed by atoms with Gasteiger partial charge in [0.25, 0.3) is 7.82 Å². The minimum atomic E-state index is -4.63. The fraction of sp³-hybridized carbons (Fsp3) is 0.803. The average Bonchev–Trinajstić information content (AvgIpc) is 3.33. The monoisotopic (exact) mass is 1020 g/mol. The Balaban J connectivity index is 4.12. The van der Waals surface area contributed by atoms with Crippen LogP contribution in [0, 0.1) is 0 Å². The van der Waals surface area contributed by atoms with Crippen LogP contribution in [-0.2, 0) is 32.7 Å². The van der Waals surface area contributed by atoms with Crippen molar-refractivity contribution >= 4 is 19.8 Å². The Labute approximate surface area is 438 Å². The van der Waals surface area contributed by atoms with Crippen molar-refractivity contribution in [1.29, 1.82) is 0 Å². The summed E-state index contributed by atoms with van der Waals surface area (Å²) in [7, 11) is 1.17. The van der Waals surface area contributed by atoms with Crippen LogP contribution >= 0.6 is 7.82 Å². The molecule has 0 N–H and O–H groups in total. The van der Waals surface area contributed by atoms with Gasteiger partial charge in [-0.15, -0.1) is 0 Å². The van der Waals surface area contributed by atoms with Crippen molar-refractivity contribution in [3.05, 3.63) is 60.8 Å². The number of rotatable bonds is 54. The average molecular weight is 1020 g/mol. The minimum Gasteiger partial charge on any atom is -0.756 e. The Kier molecular flexibility index (Phi) is 50.9. The molecule has 0 amide bonds. The van der Waals surface area contributed by atoms with Gasteiger partial charge in [0.2, 0.25) is 0 Å². The lowest BCUT2D eigenvalue weighted by Crippen LogP contribution is -2.37. The van der Waals surface area contributed by atoms with Crippen molar-refractivity contribution in [2.75, 3.05) is 47.5 Å². The number of unbranched alkanes of at least 4 members (excludes halogenated alkanes) is 30. The number of phosphoric ester groups is 1. The summed E-state index contributed by atoms with van der Waals surface area (Å²) in [6.45, 7) is 4.16. The predicted octanol–water partition coefficient (Wildman–Crippen LogP) is 17.7. The first kappa shape index (κ1) is 68.7. The van der Waals surface area contributed by atoms with E-state index in [0.29, 0.717) is 17.4 Å². The van der Waals surface area contributed by atoms with Crippen LogP contribution < -0.4 is 4.89 Å². The first-order valence-electron chi connectivity index (χ1n) is 29.5. The molecule has 9 nitrogen and oxygen atoms in total. The van der Waals surface area contributed by atoms with Gasteiger partial charge < -0.3 is 27.9 Å². The third-order valence-corrected chi connectivity index (χ3v) is 13.8. The maximum absolute atomic E-state index is 12.8. The van der Waals surface area contributed by atoms with Crippen LogP contribution in [0.5, 0.6) is 0 Å². The second-order valence-electron chi connectivity index (χ2n) is 21.0. The normalized spacial score (nSPS) is 13.7. The van der Waals surface area contributed by atoms with Gasteiger partial charge in [-0.1, -0.05) is 254 Å². The van der Waals surface area contributed by atoms with Crippen LogP contribution in [-0.4, -0.2) is 70.0 Å². The van der Waals surface area contributed by atoms with E-state index in [1.165, 1.54) is 161 Å². The van der Waals surface area contributed by atoms with E-state index < -0.39 is 26.5 Å². The van der Waals surface area contributed by atoms with E-state index in [0.717, 1.165) is 70.6 Å². The molecular weight excluding hydrogens is 906 g/mol. The molecule has 0 aromatic heterocycles. The molecule has 414 valence electrons. The minimum absolute atomic E-state index is 0.0307. The lowest BCUT2D eigenvalue weighted by Gasteiger charge is -2.28. The third kappa shape index (κ3) is 56.9. The second kappa shape index (κ2) is 52.6. The van der Waals surface area contributed by atoms with Crippen molar-refractivity contribution in [3.8, 4) is 0 Å². The molecule has 71 heavy (non-hydrogen) atoms. The zero-order valence-electron chi connectivity index (χ0n) is 46.9. The number of likely N-dealkylation sites (N-methyl/N-ethyl adjacent to an activating group) is 1. The molecule has 0 aromatic rings. The van der Waals surface area contributed by atoms with Crippen LogP contribution in [0.2, 0.25) is 0 Å². The quantitative estimate of drug-likeness (QED) is 0.0195. The lowest BCUT2D eigenvalue weighted by molar-refractivity contribution is -0.870. The van der Waals surface area contributed by atoms with E-state index in [1.54, 1.807) is 0 Å². The van der Waals surface area contributed by atoms with Gasteiger partial charge in [-0.25, -0.2) is 0 Å². The maximum atomic E-state index is 12.8. The molecule has 0 fully saturated rings. The molecule has 0 radical (unpaired) electrons. The lowest BCUT2D eigenvalue weighted by atomic mass is 10.0. The van der Waals surface area contributed by atoms with Crippen LogP contribution in [0.15, 0.2) is 60.8 Å². The number of esters is 2. The SMILES string of the molecule is CC/C=C\C/C=C\C/C=C\C/C=C\C/C=C\CCCCCCCCCCCCCCCC(=O)OC(COC(=O)CCCCCCCCCCCCCCCCCCCC)COP(=O)([O-])OCC[N+](C)(C)C. The Morgan fingerprint density at radius 3 is 1.20 bits per heavy atom. The van der Waals surface area contributed by atoms with Gasteiger partial charge >= 0.3 is 11.9 Å². The molecule has 0 saturated heterocycles. The van der Waals surface area contributed by atoms with Crippen LogP contribution in [0.3, 0.4) is 0 Å². The highest BCUT2D eigenvalue weighted by Gasteiger charge is 2.22. The number of allylic oxidation sites excluding steroid dienone is 10. The van der Waals surface area contributed by atoms with Gasteiger partial charge in [-0.3, -0.25) is 14.2 Å². The molecule has 0 aliphatic heterocycles. The van der Waals surface area contributed by atoms with E-state index in [-0.39, 0.29) is 32.0 Å². The maximum Gasteiger partial charge on any atom is 0.306 e. The van der Waals surface area contributed by atoms with Crippen LogP contribution in [0.1, 0.15) is 264 Å². The molecule has 0 heterocycles. The van der Waals surface area contributed by atoms with Gasteiger partial charge in [-0.05, 0) is 57.8 Å². The molecule has 2 atom stereocenters. The number of quaternary nitrogens is 1. The first-order valence-corrected chi connectivity index (χ1v) is 31.0. The molecule has 0 aliphatic rings. The van der Waals surface area contributed by atoms with E-state index >= 15 is 0 Å². The zero-order valence-corrected chi connectivity index (χ0v) is 47.8. The summed E-state index contributed by atoms with van der Waals surface area (Å²) in [4.78, 5) is 37.9. The van der Waals surface area contributed by atoms with Crippen molar-refractivity contribution in [2.24, 2.45) is 0 Å². The summed E-state index contributed by atoms with van der Waals surface area (Å²) in [5, 5.41) is 0. The second-order valence-corrected chi connectivity index (χ2v) is 22.4. The standard InChI is InChI=1S/C61H112NO8P/c1-6-8-10-12-14-16-18-20-22-24-26-27-28-29-30-31-32-33-34-35-36-38-40-42-44-46-48-50-52-54-61(64)70-59(58-69-71(65,66)68-56-55-62(3,4)5)57-67-60(63)53-51-49-47-45-43-41-39-37-25-23-21-19-17-15-13-11-9-7-2/h8,10,14,16,20,22,26-27,29-30,59H,6-7,9,11-13,15,17-19,21,23-25,28,31-58H2,1-5H3/b10-8-,16-14-,22-20-,27-26-,30-29-. The highest BCUT2D eigenvalue weighted by Crippen LogP contribution is 2.38. The number of hydrogen-bond acceptors (Lipinski definition) is 8. The van der Waals surface area contributed by atoms with E-state index in [9.17, 15) is 19.0 Å². The zero-order chi connectivity index (χ0) is 52.0. The number of carbonyl (C=O) groups is 2. The Morgan fingerprint density at radius 1 is 0.451 bits per heavy atom. The largest absolute Gasteiger partial charge is 0.756 e. The van der Waals surface area contributed by atoms with Gasteiger partial charge in [0.15, 0.2) is 6.10 Å². The summed E-state index contributed by atoms with van der Waals surface area (Å²) in [5.74, 6) is -0.824. The molecule has 0 rings (SSSR count). The molecule has 0 aliphatic carbocycles. The van der Waals surface area contributed by atoms with Crippen molar-refractivity contribution in [1.82, 2.24) is 0 Å². The summed E-state index contributed by atoms with van der Waals surface area (Å²) in [6, 6.07) is 0. The molecule has 2 unspecified atom stereocenters. The third-order valence-electron chi connectivity index (χ3n) is 12.8. The Hall–Kier alpha value is -2.29. The summed E-state index contributed by atoms with van der Waals surface area (Å²) < 4.78 is 34.2. The van der Waals surface area contributed by atoms with Crippen molar-refractivity contribution < 1.29 is 42.1 Å². The first-order chi connectivity index (χ1) is 34.5. The van der Waals surface area contributed by atoms with Gasteiger partial charge in [0.05, 0.1) is 27.7 Å². The van der Waals surface area contributed by atoms with Crippen LogP contribution in [0.25, 0.3) is 0 Å². The van der Waals surface area contributed by atoms with Crippen molar-refractivity contribution in [2.45, 2.75) is 270 Å². The number of phosphoric acid groups is 1. The summed E-state index contributed by atoms with van der Waals surface area (Å²) in [5.41, 5.74) is 0. The van der Waals surface area contributed by atoms with Crippen LogP contribution in [0.4, 0.5) is 0 Å². The highest BCUT2D eigenvalue weighted by molar-refractivity contribution is 7.45. The van der Waals surface area contributed by atoms with Gasteiger partial charge in [0.1, 0.15) is 19.8 Å². The smallest absolute Gasteiger partial charge is 0.306 e. The fourth-order valence-corrected chi connectivity index (χ4v) is 9.00. The van der Waals surface area contributed by atoms with E-state index in [2.05, 4.69) is 74.6 Å². The molecule has 0 bridgehead atoms. The number of nitrogens with zero attached hydrogens (tertiary/aromatic N) is 1.